The average Bonchev–Trinajstić information content (AvgIpc) is 2.71. The van der Waals surface area contributed by atoms with Gasteiger partial charge < -0.3 is 25.4 Å². The molecule has 1 amide bonds. The number of carbonyl (C=O) groups is 3. The second-order valence-electron chi connectivity index (χ2n) is 7.18. The van der Waals surface area contributed by atoms with Crippen LogP contribution >= 0.6 is 0 Å². The minimum atomic E-state index is -0.353. The molecule has 0 spiro atoms. The van der Waals surface area contributed by atoms with E-state index in [1.807, 2.05) is 0 Å². The van der Waals surface area contributed by atoms with Crippen molar-refractivity contribution in [1.82, 2.24) is 10.2 Å². The van der Waals surface area contributed by atoms with Crippen LogP contribution in [0.5, 0.6) is 0 Å². The molecular weight excluding hydrogens is 463 g/mol. The van der Waals surface area contributed by atoms with Gasteiger partial charge in [0, 0.05) is 98.9 Å². The second-order valence-corrected chi connectivity index (χ2v) is 7.18. The summed E-state index contributed by atoms with van der Waals surface area (Å²) >= 11 is 0. The molecular formula is C21H40N3O5Y-. The van der Waals surface area contributed by atoms with Crippen LogP contribution in [-0.2, 0) is 56.6 Å². The largest absolute Gasteiger partial charge is 0.677 e. The molecule has 0 saturated carbocycles. The molecule has 0 aromatic rings. The maximum absolute atomic E-state index is 13.0. The molecule has 30 heavy (non-hydrogen) atoms. The van der Waals surface area contributed by atoms with E-state index in [9.17, 15) is 14.4 Å². The summed E-state index contributed by atoms with van der Waals surface area (Å²) in [6, 6.07) is -0.353. The van der Waals surface area contributed by atoms with Crippen molar-refractivity contribution in [1.29, 1.82) is 0 Å². The zero-order valence-electron chi connectivity index (χ0n) is 19.0. The molecule has 0 rings (SSSR count). The third kappa shape index (κ3) is 16.4. The number of unbranched alkanes of at least 4 members (excludes halogenated alkanes) is 1. The van der Waals surface area contributed by atoms with Crippen LogP contribution in [0.15, 0.2) is 0 Å². The van der Waals surface area contributed by atoms with Crippen molar-refractivity contribution >= 4 is 17.5 Å². The molecule has 0 aliphatic heterocycles. The van der Waals surface area contributed by atoms with Crippen LogP contribution < -0.4 is 5.32 Å². The molecule has 0 bridgehead atoms. The van der Waals surface area contributed by atoms with Gasteiger partial charge >= 0.3 is 0 Å². The predicted molar refractivity (Wildman–Crippen MR) is 114 cm³/mol. The quantitative estimate of drug-likeness (QED) is 0.256. The van der Waals surface area contributed by atoms with Gasteiger partial charge in [-0.15, -0.1) is 0 Å². The van der Waals surface area contributed by atoms with E-state index in [0.29, 0.717) is 65.0 Å². The summed E-state index contributed by atoms with van der Waals surface area (Å²) in [5.74, 6) is 0.120. The van der Waals surface area contributed by atoms with Crippen molar-refractivity contribution in [3.63, 3.8) is 0 Å². The van der Waals surface area contributed by atoms with E-state index in [0.717, 1.165) is 12.8 Å². The van der Waals surface area contributed by atoms with E-state index in [4.69, 9.17) is 15.2 Å². The molecule has 2 N–H and O–H groups in total. The average molecular weight is 503 g/mol. The number of carbonyl (C=O) groups excluding carboxylic acids is 3. The fourth-order valence-corrected chi connectivity index (χ4v) is 3.01. The molecule has 1 unspecified atom stereocenters. The van der Waals surface area contributed by atoms with Crippen LogP contribution in [0, 0.1) is 0 Å². The van der Waals surface area contributed by atoms with E-state index >= 15 is 0 Å². The van der Waals surface area contributed by atoms with Crippen molar-refractivity contribution < 1.29 is 56.6 Å². The molecule has 0 aromatic heterocycles. The Bertz CT molecular complexity index is 440. The van der Waals surface area contributed by atoms with Crippen LogP contribution in [0.4, 0.5) is 0 Å². The first-order chi connectivity index (χ1) is 14.0. The molecule has 173 valence electrons. The number of likely N-dealkylation sites (N-methyl/N-ethyl adjacent to an activating group) is 1. The molecule has 0 aliphatic carbocycles. The smallest absolute Gasteiger partial charge is 0.239 e. The van der Waals surface area contributed by atoms with E-state index in [-0.39, 0.29) is 69.1 Å². The SMILES string of the molecule is CNC(CCCC[NH-])C(=O)N(CCC(=O)CCCOC)CCC(=O)CCCOC.[Y]. The van der Waals surface area contributed by atoms with E-state index in [2.05, 4.69) is 5.32 Å². The Labute approximate surface area is 207 Å². The van der Waals surface area contributed by atoms with Gasteiger partial charge in [-0.2, -0.15) is 6.54 Å². The summed E-state index contributed by atoms with van der Waals surface area (Å²) in [7, 11) is 4.95. The Hall–Kier alpha value is -0.246. The Morgan fingerprint density at radius 1 is 0.867 bits per heavy atom. The minimum Gasteiger partial charge on any atom is -0.677 e. The first-order valence-electron chi connectivity index (χ1n) is 10.6. The van der Waals surface area contributed by atoms with Crippen molar-refractivity contribution in [3.8, 4) is 0 Å². The molecule has 0 fully saturated rings. The third-order valence-corrected chi connectivity index (χ3v) is 4.81. The number of rotatable bonds is 20. The van der Waals surface area contributed by atoms with Crippen LogP contribution in [0.2, 0.25) is 0 Å². The summed E-state index contributed by atoms with van der Waals surface area (Å²) in [6.45, 7) is 2.09. The first kappa shape index (κ1) is 31.9. The van der Waals surface area contributed by atoms with Gasteiger partial charge in [-0.1, -0.05) is 12.8 Å². The van der Waals surface area contributed by atoms with Gasteiger partial charge in [-0.05, 0) is 26.3 Å². The summed E-state index contributed by atoms with van der Waals surface area (Å²) in [5.41, 5.74) is 7.25. The molecule has 0 heterocycles. The van der Waals surface area contributed by atoms with Gasteiger partial charge in [0.2, 0.25) is 5.91 Å². The van der Waals surface area contributed by atoms with Crippen molar-refractivity contribution in [2.75, 3.05) is 54.1 Å². The van der Waals surface area contributed by atoms with E-state index < -0.39 is 0 Å². The Morgan fingerprint density at radius 3 is 1.77 bits per heavy atom. The number of hydrogen-bond acceptors (Lipinski definition) is 6. The topological polar surface area (TPSA) is 109 Å². The summed E-state index contributed by atoms with van der Waals surface area (Å²) in [5, 5.41) is 3.04. The summed E-state index contributed by atoms with van der Waals surface area (Å²) < 4.78 is 9.94. The third-order valence-electron chi connectivity index (χ3n) is 4.81. The number of nitrogens with one attached hydrogen (secondary N) is 2. The number of ether oxygens (including phenoxy) is 2. The molecule has 0 aromatic carbocycles. The molecule has 0 saturated heterocycles. The maximum atomic E-state index is 13.0. The van der Waals surface area contributed by atoms with Gasteiger partial charge in [-0.3, -0.25) is 14.4 Å². The standard InChI is InChI=1S/C21H40N3O5.Y/c1-23-20(10-4-5-13-22)21(27)24(14-11-18(25)8-6-16-28-2)15-12-19(26)9-7-17-29-3;/h20,22-23H,4-17H2,1-3H3;/q-1;. The van der Waals surface area contributed by atoms with Crippen LogP contribution in [0.25, 0.3) is 5.73 Å². The van der Waals surface area contributed by atoms with Crippen molar-refractivity contribution in [2.45, 2.75) is 63.8 Å². The second kappa shape index (κ2) is 22.0. The molecule has 1 radical (unpaired) electrons. The van der Waals surface area contributed by atoms with Crippen LogP contribution in [0.3, 0.4) is 0 Å². The number of nitrogens with zero attached hydrogens (tertiary/aromatic N) is 1. The van der Waals surface area contributed by atoms with Gasteiger partial charge in [0.1, 0.15) is 11.6 Å². The molecule has 1 atom stereocenters. The molecule has 8 nitrogen and oxygen atoms in total. The van der Waals surface area contributed by atoms with Crippen molar-refractivity contribution in [3.05, 3.63) is 5.73 Å². The minimum absolute atomic E-state index is 0. The van der Waals surface area contributed by atoms with Crippen LogP contribution in [-0.4, -0.2) is 82.5 Å². The predicted octanol–water partition coefficient (Wildman–Crippen LogP) is 2.39. The number of ketones is 2. The first-order valence-corrected chi connectivity index (χ1v) is 10.6. The zero-order chi connectivity index (χ0) is 21.9. The number of methoxy groups -OCH3 is 2. The molecule has 9 heteroatoms. The fourth-order valence-electron chi connectivity index (χ4n) is 3.01. The normalized spacial score (nSPS) is 11.6. The van der Waals surface area contributed by atoms with Gasteiger partial charge in [-0.25, -0.2) is 0 Å². The Kier molecular flexibility index (Phi) is 23.4. The number of amides is 1. The maximum Gasteiger partial charge on any atom is 0.239 e. The number of hydrogen-bond donors (Lipinski definition) is 1. The van der Waals surface area contributed by atoms with E-state index in [1.54, 1.807) is 26.2 Å². The fraction of sp³-hybridized carbons (Fsp3) is 0.857. The van der Waals surface area contributed by atoms with Crippen molar-refractivity contribution in [2.24, 2.45) is 0 Å². The number of Topliss-reactive ketones (excluding diaryl/α,β-unsaturated/α-hetero) is 2. The van der Waals surface area contributed by atoms with Gasteiger partial charge in [0.25, 0.3) is 0 Å². The molecule has 0 aliphatic rings. The van der Waals surface area contributed by atoms with Crippen LogP contribution in [0.1, 0.15) is 57.8 Å². The zero-order valence-corrected chi connectivity index (χ0v) is 21.9. The Morgan fingerprint density at radius 2 is 1.37 bits per heavy atom. The summed E-state index contributed by atoms with van der Waals surface area (Å²) in [4.78, 5) is 38.8. The van der Waals surface area contributed by atoms with Gasteiger partial charge in [0.15, 0.2) is 0 Å². The monoisotopic (exact) mass is 503 g/mol. The van der Waals surface area contributed by atoms with E-state index in [1.165, 1.54) is 0 Å². The Balaban J connectivity index is 0. The van der Waals surface area contributed by atoms with Gasteiger partial charge in [0.05, 0.1) is 6.04 Å². The summed E-state index contributed by atoms with van der Waals surface area (Å²) in [6.07, 6.45) is 4.99.